The average Bonchev–Trinajstić information content (AvgIpc) is 2.70. The number of halogens is 1. The van der Waals surface area contributed by atoms with Gasteiger partial charge in [0, 0.05) is 19.1 Å². The predicted octanol–water partition coefficient (Wildman–Crippen LogP) is 3.19. The molecule has 2 aromatic rings. The summed E-state index contributed by atoms with van der Waals surface area (Å²) in [5.41, 5.74) is 1.48. The standard InChI is InChI=1S/C21H27FN2O4S2/c1-17-5-11-21(12-6-17)30(27,28)24-15-3-2-4-20(24)13-14-23-29(25,26)16-18-7-9-19(22)10-8-18/h5-12,20,23H,2-4,13-16H2,1H3. The van der Waals surface area contributed by atoms with Gasteiger partial charge < -0.3 is 0 Å². The zero-order chi connectivity index (χ0) is 21.8. The van der Waals surface area contributed by atoms with Gasteiger partial charge >= 0.3 is 0 Å². The second-order valence-corrected chi connectivity index (χ2v) is 11.3. The fraction of sp³-hybridized carbons (Fsp3) is 0.429. The number of aryl methyl sites for hydroxylation is 1. The molecule has 1 atom stereocenters. The van der Waals surface area contributed by atoms with Crippen LogP contribution >= 0.6 is 0 Å². The second-order valence-electron chi connectivity index (χ2n) is 7.65. The topological polar surface area (TPSA) is 83.6 Å². The number of benzene rings is 2. The zero-order valence-electron chi connectivity index (χ0n) is 16.9. The highest BCUT2D eigenvalue weighted by Crippen LogP contribution is 2.27. The van der Waals surface area contributed by atoms with Gasteiger partial charge in [0.15, 0.2) is 0 Å². The van der Waals surface area contributed by atoms with E-state index < -0.39 is 25.9 Å². The summed E-state index contributed by atoms with van der Waals surface area (Å²) in [4.78, 5) is 0.261. The molecule has 3 rings (SSSR count). The minimum atomic E-state index is -3.63. The van der Waals surface area contributed by atoms with Crippen molar-refractivity contribution in [3.8, 4) is 0 Å². The Kier molecular flexibility index (Phi) is 7.28. The molecule has 0 spiro atoms. The average molecular weight is 455 g/mol. The Morgan fingerprint density at radius 1 is 1.00 bits per heavy atom. The van der Waals surface area contributed by atoms with Crippen molar-refractivity contribution in [3.05, 3.63) is 65.5 Å². The van der Waals surface area contributed by atoms with E-state index in [9.17, 15) is 21.2 Å². The van der Waals surface area contributed by atoms with Crippen molar-refractivity contribution in [1.29, 1.82) is 0 Å². The van der Waals surface area contributed by atoms with Gasteiger partial charge in [-0.1, -0.05) is 36.2 Å². The Morgan fingerprint density at radius 3 is 2.33 bits per heavy atom. The molecule has 164 valence electrons. The maximum absolute atomic E-state index is 13.1. The molecule has 0 bridgehead atoms. The van der Waals surface area contributed by atoms with E-state index in [1.807, 2.05) is 6.92 Å². The molecular formula is C21H27FN2O4S2. The molecule has 6 nitrogen and oxygen atoms in total. The molecule has 9 heteroatoms. The van der Waals surface area contributed by atoms with Crippen LogP contribution in [0.2, 0.25) is 0 Å². The quantitative estimate of drug-likeness (QED) is 0.664. The Bertz CT molecular complexity index is 1050. The van der Waals surface area contributed by atoms with Crippen LogP contribution in [0.4, 0.5) is 4.39 Å². The molecule has 1 N–H and O–H groups in total. The lowest BCUT2D eigenvalue weighted by molar-refractivity contribution is 0.242. The molecule has 0 radical (unpaired) electrons. The van der Waals surface area contributed by atoms with Crippen molar-refractivity contribution >= 4 is 20.0 Å². The van der Waals surface area contributed by atoms with E-state index in [2.05, 4.69) is 4.72 Å². The molecule has 1 unspecified atom stereocenters. The fourth-order valence-corrected chi connectivity index (χ4v) is 6.54. The highest BCUT2D eigenvalue weighted by molar-refractivity contribution is 7.89. The molecule has 1 aliphatic rings. The van der Waals surface area contributed by atoms with Crippen LogP contribution < -0.4 is 4.72 Å². The number of hydrogen-bond acceptors (Lipinski definition) is 4. The fourth-order valence-electron chi connectivity index (χ4n) is 3.66. The van der Waals surface area contributed by atoms with E-state index in [0.717, 1.165) is 18.4 Å². The Hall–Kier alpha value is -1.81. The lowest BCUT2D eigenvalue weighted by Crippen LogP contribution is -2.45. The van der Waals surface area contributed by atoms with Crippen molar-refractivity contribution in [1.82, 2.24) is 9.03 Å². The smallest absolute Gasteiger partial charge is 0.215 e. The Morgan fingerprint density at radius 2 is 1.67 bits per heavy atom. The molecule has 1 heterocycles. The van der Waals surface area contributed by atoms with Crippen LogP contribution in [0, 0.1) is 12.7 Å². The summed E-state index contributed by atoms with van der Waals surface area (Å²) in [5, 5.41) is 0. The first-order valence-corrected chi connectivity index (χ1v) is 13.1. The van der Waals surface area contributed by atoms with Gasteiger partial charge in [-0.3, -0.25) is 0 Å². The minimum absolute atomic E-state index is 0.147. The summed E-state index contributed by atoms with van der Waals surface area (Å²) in [7, 11) is -7.22. The largest absolute Gasteiger partial charge is 0.243 e. The number of sulfonamides is 2. The van der Waals surface area contributed by atoms with Crippen LogP contribution in [0.3, 0.4) is 0 Å². The monoisotopic (exact) mass is 454 g/mol. The Balaban J connectivity index is 1.63. The molecule has 0 aliphatic carbocycles. The van der Waals surface area contributed by atoms with Crippen molar-refractivity contribution in [2.45, 2.75) is 49.3 Å². The van der Waals surface area contributed by atoms with Gasteiger partial charge in [-0.15, -0.1) is 0 Å². The third-order valence-electron chi connectivity index (χ3n) is 5.27. The summed E-state index contributed by atoms with van der Waals surface area (Å²) in [6, 6.07) is 11.8. The van der Waals surface area contributed by atoms with Gasteiger partial charge in [0.1, 0.15) is 5.82 Å². The maximum Gasteiger partial charge on any atom is 0.243 e. The summed E-state index contributed by atoms with van der Waals surface area (Å²) in [6.45, 7) is 2.48. The summed E-state index contributed by atoms with van der Waals surface area (Å²) in [6.07, 6.45) is 2.79. The zero-order valence-corrected chi connectivity index (χ0v) is 18.6. The predicted molar refractivity (Wildman–Crippen MR) is 114 cm³/mol. The van der Waals surface area contributed by atoms with E-state index in [1.165, 1.54) is 28.6 Å². The van der Waals surface area contributed by atoms with Gasteiger partial charge in [-0.2, -0.15) is 4.31 Å². The van der Waals surface area contributed by atoms with Crippen LogP contribution in [-0.4, -0.2) is 40.3 Å². The molecule has 1 fully saturated rings. The minimum Gasteiger partial charge on any atom is -0.215 e. The number of rotatable bonds is 8. The van der Waals surface area contributed by atoms with Crippen LogP contribution in [0.15, 0.2) is 53.4 Å². The van der Waals surface area contributed by atoms with E-state index in [-0.39, 0.29) is 23.2 Å². The highest BCUT2D eigenvalue weighted by Gasteiger charge is 2.33. The third kappa shape index (κ3) is 5.87. The maximum atomic E-state index is 13.1. The summed E-state index contributed by atoms with van der Waals surface area (Å²) >= 11 is 0. The highest BCUT2D eigenvalue weighted by atomic mass is 32.2. The molecular weight excluding hydrogens is 427 g/mol. The normalized spacial score (nSPS) is 18.4. The number of hydrogen-bond donors (Lipinski definition) is 1. The van der Waals surface area contributed by atoms with Gasteiger partial charge in [0.05, 0.1) is 10.6 Å². The van der Waals surface area contributed by atoms with Crippen molar-refractivity contribution in [2.75, 3.05) is 13.1 Å². The summed E-state index contributed by atoms with van der Waals surface area (Å²) in [5.74, 6) is -0.667. The van der Waals surface area contributed by atoms with E-state index in [1.54, 1.807) is 24.3 Å². The first-order chi connectivity index (χ1) is 14.2. The Labute approximate surface area is 178 Å². The van der Waals surface area contributed by atoms with Gasteiger partial charge in [-0.25, -0.2) is 25.9 Å². The first-order valence-electron chi connectivity index (χ1n) is 9.98. The molecule has 0 saturated carbocycles. The lowest BCUT2D eigenvalue weighted by atomic mass is 10.0. The molecule has 30 heavy (non-hydrogen) atoms. The van der Waals surface area contributed by atoms with E-state index in [4.69, 9.17) is 0 Å². The molecule has 1 aliphatic heterocycles. The van der Waals surface area contributed by atoms with Gasteiger partial charge in [0.25, 0.3) is 0 Å². The van der Waals surface area contributed by atoms with Crippen molar-refractivity contribution in [2.24, 2.45) is 0 Å². The molecule has 0 aromatic heterocycles. The van der Waals surface area contributed by atoms with Crippen LogP contribution in [0.1, 0.15) is 36.8 Å². The number of nitrogens with zero attached hydrogens (tertiary/aromatic N) is 1. The second kappa shape index (κ2) is 9.55. The van der Waals surface area contributed by atoms with Crippen LogP contribution in [0.25, 0.3) is 0 Å². The van der Waals surface area contributed by atoms with E-state index >= 15 is 0 Å². The van der Waals surface area contributed by atoms with Crippen LogP contribution in [0.5, 0.6) is 0 Å². The molecule has 0 amide bonds. The lowest BCUT2D eigenvalue weighted by Gasteiger charge is -2.34. The van der Waals surface area contributed by atoms with Crippen molar-refractivity contribution < 1.29 is 21.2 Å². The summed E-state index contributed by atoms with van der Waals surface area (Å²) < 4.78 is 67.9. The van der Waals surface area contributed by atoms with Crippen molar-refractivity contribution in [3.63, 3.8) is 0 Å². The van der Waals surface area contributed by atoms with Gasteiger partial charge in [-0.05, 0) is 56.0 Å². The number of nitrogens with one attached hydrogen (secondary N) is 1. The van der Waals surface area contributed by atoms with Gasteiger partial charge in [0.2, 0.25) is 20.0 Å². The molecule has 1 saturated heterocycles. The first kappa shape index (κ1) is 22.9. The number of piperidine rings is 1. The van der Waals surface area contributed by atoms with Crippen LogP contribution in [-0.2, 0) is 25.8 Å². The SMILES string of the molecule is Cc1ccc(S(=O)(=O)N2CCCCC2CCNS(=O)(=O)Cc2ccc(F)cc2)cc1. The third-order valence-corrected chi connectivity index (χ3v) is 8.59. The van der Waals surface area contributed by atoms with E-state index in [0.29, 0.717) is 24.9 Å². The molecule has 2 aromatic carbocycles.